The van der Waals surface area contributed by atoms with E-state index in [-0.39, 0.29) is 23.8 Å². The third-order valence-corrected chi connectivity index (χ3v) is 3.17. The van der Waals surface area contributed by atoms with Crippen LogP contribution in [0.2, 0.25) is 0 Å². The van der Waals surface area contributed by atoms with Gasteiger partial charge in [-0.2, -0.15) is 5.10 Å². The zero-order chi connectivity index (χ0) is 16.8. The first-order chi connectivity index (χ1) is 11.0. The second-order valence-electron chi connectivity index (χ2n) is 5.02. The summed E-state index contributed by atoms with van der Waals surface area (Å²) in [4.78, 5) is 23.7. The Labute approximate surface area is 133 Å². The molecule has 0 aliphatic carbocycles. The molecule has 1 heterocycles. The van der Waals surface area contributed by atoms with Crippen molar-refractivity contribution in [1.82, 2.24) is 9.78 Å². The Morgan fingerprint density at radius 3 is 2.83 bits per heavy atom. The molecular weight excluding hydrogens is 298 g/mol. The highest BCUT2D eigenvalue weighted by Gasteiger charge is 2.14. The van der Waals surface area contributed by atoms with Crippen LogP contribution in [-0.2, 0) is 23.0 Å². The lowest BCUT2D eigenvalue weighted by atomic mass is 10.1. The molecule has 0 atom stereocenters. The number of phenols is 1. The number of nitrogens with one attached hydrogen (secondary N) is 1. The maximum atomic E-state index is 12.0. The minimum atomic E-state index is -0.628. The normalized spacial score (nSPS) is 10.3. The van der Waals surface area contributed by atoms with Crippen molar-refractivity contribution in [3.8, 4) is 5.75 Å². The highest BCUT2D eigenvalue weighted by Crippen LogP contribution is 2.22. The molecular formula is C16H19N3O4. The number of amides is 1. The van der Waals surface area contributed by atoms with Gasteiger partial charge in [0.1, 0.15) is 11.3 Å². The number of rotatable bonds is 6. The van der Waals surface area contributed by atoms with E-state index in [1.165, 1.54) is 18.2 Å². The van der Waals surface area contributed by atoms with Crippen LogP contribution < -0.4 is 5.32 Å². The number of ether oxygens (including phenoxy) is 1. The molecule has 0 aliphatic heterocycles. The van der Waals surface area contributed by atoms with Gasteiger partial charge < -0.3 is 15.2 Å². The molecule has 1 amide bonds. The fraction of sp³-hybridized carbons (Fsp3) is 0.312. The zero-order valence-corrected chi connectivity index (χ0v) is 13.1. The van der Waals surface area contributed by atoms with Crippen molar-refractivity contribution in [3.63, 3.8) is 0 Å². The number of hydrogen-bond acceptors (Lipinski definition) is 5. The fourth-order valence-electron chi connectivity index (χ4n) is 2.07. The van der Waals surface area contributed by atoms with Crippen LogP contribution in [0.4, 0.5) is 5.69 Å². The van der Waals surface area contributed by atoms with Crippen molar-refractivity contribution in [2.75, 3.05) is 11.9 Å². The summed E-state index contributed by atoms with van der Waals surface area (Å²) in [5.74, 6) is -0.998. The van der Waals surface area contributed by atoms with Crippen LogP contribution in [0.5, 0.6) is 5.75 Å². The van der Waals surface area contributed by atoms with E-state index in [4.69, 9.17) is 4.74 Å². The van der Waals surface area contributed by atoms with Gasteiger partial charge in [0.05, 0.1) is 12.8 Å². The van der Waals surface area contributed by atoms with E-state index < -0.39 is 5.97 Å². The summed E-state index contributed by atoms with van der Waals surface area (Å²) >= 11 is 0. The van der Waals surface area contributed by atoms with E-state index in [1.54, 1.807) is 17.8 Å². The van der Waals surface area contributed by atoms with Gasteiger partial charge in [0.15, 0.2) is 0 Å². The number of benzene rings is 1. The standard InChI is InChI=1S/C16H19N3O4/c1-3-23-16(22)13-8-12(5-6-14(13)20)18-15(21)7-4-11-9-17-19(2)10-11/h5-6,8-10,20H,3-4,7H2,1-2H3,(H,18,21). The predicted octanol–water partition coefficient (Wildman–Crippen LogP) is 1.87. The monoisotopic (exact) mass is 317 g/mol. The third-order valence-electron chi connectivity index (χ3n) is 3.17. The summed E-state index contributed by atoms with van der Waals surface area (Å²) in [6, 6.07) is 4.28. The van der Waals surface area contributed by atoms with Crippen LogP contribution in [0.15, 0.2) is 30.6 Å². The number of nitrogens with zero attached hydrogens (tertiary/aromatic N) is 2. The molecule has 0 saturated heterocycles. The number of aryl methyl sites for hydroxylation is 2. The molecule has 0 spiro atoms. The largest absolute Gasteiger partial charge is 0.507 e. The van der Waals surface area contributed by atoms with Crippen LogP contribution in [0.1, 0.15) is 29.3 Å². The average Bonchev–Trinajstić information content (AvgIpc) is 2.93. The van der Waals surface area contributed by atoms with Gasteiger partial charge in [0, 0.05) is 25.4 Å². The Balaban J connectivity index is 1.97. The van der Waals surface area contributed by atoms with Gasteiger partial charge in [-0.1, -0.05) is 0 Å². The van der Waals surface area contributed by atoms with Crippen LogP contribution in [-0.4, -0.2) is 33.4 Å². The quantitative estimate of drug-likeness (QED) is 0.626. The molecule has 1 aromatic carbocycles. The Hall–Kier alpha value is -2.83. The van der Waals surface area contributed by atoms with Crippen LogP contribution in [0.3, 0.4) is 0 Å². The van der Waals surface area contributed by atoms with E-state index in [9.17, 15) is 14.7 Å². The van der Waals surface area contributed by atoms with Gasteiger partial charge in [0.2, 0.25) is 5.91 Å². The van der Waals surface area contributed by atoms with Crippen molar-refractivity contribution in [2.24, 2.45) is 7.05 Å². The molecule has 2 aromatic rings. The summed E-state index contributed by atoms with van der Waals surface area (Å²) < 4.78 is 6.53. The van der Waals surface area contributed by atoms with Gasteiger partial charge in [-0.25, -0.2) is 4.79 Å². The van der Waals surface area contributed by atoms with Crippen molar-refractivity contribution in [3.05, 3.63) is 41.7 Å². The average molecular weight is 317 g/mol. The Morgan fingerprint density at radius 1 is 1.39 bits per heavy atom. The number of phenolic OH excluding ortho intramolecular Hbond substituents is 1. The van der Waals surface area contributed by atoms with Crippen LogP contribution >= 0.6 is 0 Å². The SMILES string of the molecule is CCOC(=O)c1cc(NC(=O)CCc2cnn(C)c2)ccc1O. The summed E-state index contributed by atoms with van der Waals surface area (Å²) in [6.07, 6.45) is 4.43. The van der Waals surface area contributed by atoms with Crippen molar-refractivity contribution >= 4 is 17.6 Å². The first-order valence-electron chi connectivity index (χ1n) is 7.27. The van der Waals surface area contributed by atoms with Crippen LogP contribution in [0, 0.1) is 0 Å². The van der Waals surface area contributed by atoms with Crippen molar-refractivity contribution < 1.29 is 19.4 Å². The van der Waals surface area contributed by atoms with E-state index in [1.807, 2.05) is 13.2 Å². The molecule has 7 heteroatoms. The Morgan fingerprint density at radius 2 is 2.17 bits per heavy atom. The second kappa shape index (κ2) is 7.44. The molecule has 2 rings (SSSR count). The lowest BCUT2D eigenvalue weighted by Gasteiger charge is -2.08. The van der Waals surface area contributed by atoms with Gasteiger partial charge in [0.25, 0.3) is 0 Å². The molecule has 23 heavy (non-hydrogen) atoms. The van der Waals surface area contributed by atoms with Crippen molar-refractivity contribution in [2.45, 2.75) is 19.8 Å². The highest BCUT2D eigenvalue weighted by molar-refractivity contribution is 5.96. The fourth-order valence-corrected chi connectivity index (χ4v) is 2.07. The van der Waals surface area contributed by atoms with E-state index >= 15 is 0 Å². The van der Waals surface area contributed by atoms with Crippen LogP contribution in [0.25, 0.3) is 0 Å². The first kappa shape index (κ1) is 16.5. The van der Waals surface area contributed by atoms with E-state index in [0.29, 0.717) is 18.5 Å². The lowest BCUT2D eigenvalue weighted by molar-refractivity contribution is -0.116. The summed E-state index contributed by atoms with van der Waals surface area (Å²) in [7, 11) is 1.82. The molecule has 0 fully saturated rings. The molecule has 0 bridgehead atoms. The Bertz CT molecular complexity index is 709. The molecule has 0 aliphatic rings. The number of carbonyl (C=O) groups is 2. The molecule has 7 nitrogen and oxygen atoms in total. The number of anilines is 1. The number of carbonyl (C=O) groups excluding carboxylic acids is 2. The number of hydrogen-bond donors (Lipinski definition) is 2. The van der Waals surface area contributed by atoms with Gasteiger partial charge >= 0.3 is 5.97 Å². The smallest absolute Gasteiger partial charge is 0.341 e. The topological polar surface area (TPSA) is 93.5 Å². The van der Waals surface area contributed by atoms with E-state index in [2.05, 4.69) is 10.4 Å². The van der Waals surface area contributed by atoms with Gasteiger partial charge in [-0.15, -0.1) is 0 Å². The van der Waals surface area contributed by atoms with E-state index in [0.717, 1.165) is 5.56 Å². The molecule has 2 N–H and O–H groups in total. The zero-order valence-electron chi connectivity index (χ0n) is 13.1. The summed E-state index contributed by atoms with van der Waals surface area (Å²) in [5, 5.41) is 16.4. The number of aromatic nitrogens is 2. The Kier molecular flexibility index (Phi) is 5.35. The summed E-state index contributed by atoms with van der Waals surface area (Å²) in [6.45, 7) is 1.89. The maximum Gasteiger partial charge on any atom is 0.341 e. The lowest BCUT2D eigenvalue weighted by Crippen LogP contribution is -2.13. The molecule has 0 radical (unpaired) electrons. The van der Waals surface area contributed by atoms with Gasteiger partial charge in [-0.05, 0) is 37.1 Å². The van der Waals surface area contributed by atoms with Gasteiger partial charge in [-0.3, -0.25) is 9.48 Å². The minimum absolute atomic E-state index is 0.0249. The number of esters is 1. The molecule has 0 saturated carbocycles. The highest BCUT2D eigenvalue weighted by atomic mass is 16.5. The third kappa shape index (κ3) is 4.57. The molecule has 122 valence electrons. The molecule has 1 aromatic heterocycles. The number of aromatic hydroxyl groups is 1. The maximum absolute atomic E-state index is 12.0. The minimum Gasteiger partial charge on any atom is -0.507 e. The van der Waals surface area contributed by atoms with Crippen molar-refractivity contribution in [1.29, 1.82) is 0 Å². The summed E-state index contributed by atoms with van der Waals surface area (Å²) in [5.41, 5.74) is 1.43. The molecule has 0 unspecified atom stereocenters. The predicted molar refractivity (Wildman–Crippen MR) is 84.2 cm³/mol. The second-order valence-corrected chi connectivity index (χ2v) is 5.02. The first-order valence-corrected chi connectivity index (χ1v) is 7.27.